The molecule has 2 aromatic heterocycles. The first-order chi connectivity index (χ1) is 17.6. The summed E-state index contributed by atoms with van der Waals surface area (Å²) >= 11 is 0. The first kappa shape index (κ1) is 22.6. The number of hydrogen-bond acceptors (Lipinski definition) is 5. The van der Waals surface area contributed by atoms with Gasteiger partial charge in [0.25, 0.3) is 0 Å². The number of anilines is 1. The van der Waals surface area contributed by atoms with Crippen LogP contribution in [0.2, 0.25) is 0 Å². The molecule has 2 aromatic carbocycles. The van der Waals surface area contributed by atoms with Crippen LogP contribution in [-0.2, 0) is 6.54 Å². The van der Waals surface area contributed by atoms with Gasteiger partial charge in [-0.25, -0.2) is 4.98 Å². The highest BCUT2D eigenvalue weighted by molar-refractivity contribution is 5.72. The number of nitrogens with zero attached hydrogens (tertiary/aromatic N) is 5. The lowest BCUT2D eigenvalue weighted by atomic mass is 10.1. The summed E-state index contributed by atoms with van der Waals surface area (Å²) in [6.07, 6.45) is 7.25. The van der Waals surface area contributed by atoms with E-state index in [1.807, 2.05) is 43.6 Å². The number of nitrogens with one attached hydrogen (secondary N) is 1. The lowest BCUT2D eigenvalue weighted by Crippen LogP contribution is -2.34. The van der Waals surface area contributed by atoms with E-state index in [1.165, 1.54) is 16.9 Å². The van der Waals surface area contributed by atoms with Crippen LogP contribution in [-0.4, -0.2) is 51.5 Å². The minimum atomic E-state index is 0.140. The Kier molecular flexibility index (Phi) is 5.84. The Morgan fingerprint density at radius 2 is 2.03 bits per heavy atom. The van der Waals surface area contributed by atoms with Gasteiger partial charge in [0.2, 0.25) is 0 Å². The van der Waals surface area contributed by atoms with E-state index < -0.39 is 0 Å². The summed E-state index contributed by atoms with van der Waals surface area (Å²) in [4.78, 5) is 7.19. The molecule has 0 saturated carbocycles. The van der Waals surface area contributed by atoms with Crippen LogP contribution in [0, 0.1) is 17.2 Å². The smallest absolute Gasteiger partial charge is 0.161 e. The second-order valence-electron chi connectivity index (χ2n) is 9.96. The topological polar surface area (TPSA) is 82.0 Å². The van der Waals surface area contributed by atoms with E-state index in [9.17, 15) is 5.11 Å². The summed E-state index contributed by atoms with van der Waals surface area (Å²) in [5.41, 5.74) is 7.66. The van der Waals surface area contributed by atoms with Gasteiger partial charge in [-0.2, -0.15) is 5.26 Å². The van der Waals surface area contributed by atoms with Gasteiger partial charge >= 0.3 is 0 Å². The lowest BCUT2D eigenvalue weighted by molar-refractivity contribution is 0.247. The van der Waals surface area contributed by atoms with Crippen LogP contribution in [0.15, 0.2) is 67.1 Å². The molecular formula is C29H30N6O. The van der Waals surface area contributed by atoms with Crippen molar-refractivity contribution in [2.45, 2.75) is 25.9 Å². The molecule has 0 bridgehead atoms. The lowest BCUT2D eigenvalue weighted by Gasteiger charge is -2.21. The summed E-state index contributed by atoms with van der Waals surface area (Å²) in [5, 5.41) is 21.9. The molecular weight excluding hydrogens is 448 g/mol. The number of aromatic nitrogens is 3. The zero-order valence-electron chi connectivity index (χ0n) is 20.4. The van der Waals surface area contributed by atoms with Crippen LogP contribution in [0.3, 0.4) is 0 Å². The highest BCUT2D eigenvalue weighted by atomic mass is 16.3. The van der Waals surface area contributed by atoms with Crippen LogP contribution in [0.1, 0.15) is 24.5 Å². The Morgan fingerprint density at radius 1 is 1.17 bits per heavy atom. The third kappa shape index (κ3) is 4.09. The molecule has 0 spiro atoms. The summed E-state index contributed by atoms with van der Waals surface area (Å²) in [5.74, 6) is 1.52. The van der Waals surface area contributed by atoms with Gasteiger partial charge in [0.05, 0.1) is 29.6 Å². The van der Waals surface area contributed by atoms with Gasteiger partial charge in [0.1, 0.15) is 0 Å². The third-order valence-electron chi connectivity index (χ3n) is 7.46. The molecule has 0 amide bonds. The van der Waals surface area contributed by atoms with Crippen molar-refractivity contribution in [1.82, 2.24) is 19.4 Å². The third-order valence-corrected chi connectivity index (χ3v) is 7.46. The number of nitriles is 1. The van der Waals surface area contributed by atoms with Crippen molar-refractivity contribution >= 4 is 5.69 Å². The number of fused-ring (bicyclic) bond motifs is 5. The molecule has 4 aromatic rings. The first-order valence-corrected chi connectivity index (χ1v) is 12.6. The Labute approximate surface area is 211 Å². The van der Waals surface area contributed by atoms with Gasteiger partial charge in [-0.3, -0.25) is 4.57 Å². The van der Waals surface area contributed by atoms with E-state index in [2.05, 4.69) is 55.9 Å². The molecule has 6 rings (SSSR count). The van der Waals surface area contributed by atoms with Gasteiger partial charge in [-0.15, -0.1) is 0 Å². The van der Waals surface area contributed by atoms with Crippen LogP contribution >= 0.6 is 0 Å². The molecule has 182 valence electrons. The van der Waals surface area contributed by atoms with Gasteiger partial charge in [0.15, 0.2) is 5.82 Å². The minimum Gasteiger partial charge on any atom is -0.395 e. The largest absolute Gasteiger partial charge is 0.395 e. The van der Waals surface area contributed by atoms with Gasteiger partial charge < -0.3 is 19.9 Å². The summed E-state index contributed by atoms with van der Waals surface area (Å²) in [6, 6.07) is 19.1. The summed E-state index contributed by atoms with van der Waals surface area (Å²) in [6.45, 7) is 5.97. The second-order valence-corrected chi connectivity index (χ2v) is 9.96. The predicted octanol–water partition coefficient (Wildman–Crippen LogP) is 4.04. The SMILES string of the molecule is C[C@H](CO)NC[C@@H]1CCN(c2ccc3c(c2)Cn2cc(-c4ccc(C#N)cc4)cc2-c2nccn2-3)C1. The van der Waals surface area contributed by atoms with Gasteiger partial charge in [0, 0.05) is 62.1 Å². The summed E-state index contributed by atoms with van der Waals surface area (Å²) in [7, 11) is 0. The van der Waals surface area contributed by atoms with E-state index in [0.29, 0.717) is 11.5 Å². The molecule has 2 aliphatic heterocycles. The zero-order chi connectivity index (χ0) is 24.6. The number of benzene rings is 2. The molecule has 0 radical (unpaired) electrons. The number of aliphatic hydroxyl groups is 1. The molecule has 4 heterocycles. The van der Waals surface area contributed by atoms with Crippen LogP contribution in [0.5, 0.6) is 0 Å². The van der Waals surface area contributed by atoms with Crippen molar-refractivity contribution < 1.29 is 5.11 Å². The van der Waals surface area contributed by atoms with Crippen LogP contribution < -0.4 is 10.2 Å². The molecule has 36 heavy (non-hydrogen) atoms. The van der Waals surface area contributed by atoms with Crippen molar-refractivity contribution in [2.24, 2.45) is 5.92 Å². The number of aliphatic hydroxyl groups excluding tert-OH is 1. The predicted molar refractivity (Wildman–Crippen MR) is 141 cm³/mol. The molecule has 7 nitrogen and oxygen atoms in total. The van der Waals surface area contributed by atoms with Crippen molar-refractivity contribution in [3.63, 3.8) is 0 Å². The average molecular weight is 479 g/mol. The van der Waals surface area contributed by atoms with Crippen LogP contribution in [0.4, 0.5) is 5.69 Å². The van der Waals surface area contributed by atoms with E-state index >= 15 is 0 Å². The fourth-order valence-electron chi connectivity index (χ4n) is 5.39. The van der Waals surface area contributed by atoms with Gasteiger partial charge in [-0.1, -0.05) is 12.1 Å². The summed E-state index contributed by atoms with van der Waals surface area (Å²) < 4.78 is 4.47. The Morgan fingerprint density at radius 3 is 2.83 bits per heavy atom. The zero-order valence-corrected chi connectivity index (χ0v) is 20.4. The number of rotatable bonds is 6. The maximum atomic E-state index is 9.29. The van der Waals surface area contributed by atoms with E-state index in [4.69, 9.17) is 10.2 Å². The molecule has 2 atom stereocenters. The quantitative estimate of drug-likeness (QED) is 0.385. The van der Waals surface area contributed by atoms with Crippen LogP contribution in [0.25, 0.3) is 28.3 Å². The maximum absolute atomic E-state index is 9.29. The molecule has 0 aliphatic carbocycles. The highest BCUT2D eigenvalue weighted by Gasteiger charge is 2.25. The first-order valence-electron chi connectivity index (χ1n) is 12.6. The van der Waals surface area contributed by atoms with Crippen molar-refractivity contribution in [2.75, 3.05) is 31.1 Å². The Hall–Kier alpha value is -3.86. The fourth-order valence-corrected chi connectivity index (χ4v) is 5.39. The van der Waals surface area contributed by atoms with E-state index in [-0.39, 0.29) is 12.6 Å². The Balaban J connectivity index is 1.30. The molecule has 1 saturated heterocycles. The number of hydrogen-bond donors (Lipinski definition) is 2. The Bertz CT molecular complexity index is 1430. The normalized spacial score (nSPS) is 17.1. The maximum Gasteiger partial charge on any atom is 0.161 e. The molecule has 2 aliphatic rings. The average Bonchev–Trinajstić information content (AvgIpc) is 3.66. The standard InChI is InChI=1S/C29H30N6O/c1-20(19-36)32-15-22-8-10-33(16-22)26-6-7-27-25(12-26)18-34-17-24(23-4-2-21(14-30)3-5-23)13-28(34)29-31-9-11-35(27)29/h2-7,9,11-13,17,20,22,32,36H,8,10,15-16,18-19H2,1H3/t20-,22+/m1/s1. The van der Waals surface area contributed by atoms with Crippen molar-refractivity contribution in [3.05, 3.63) is 78.2 Å². The molecule has 7 heteroatoms. The van der Waals surface area contributed by atoms with Crippen molar-refractivity contribution in [3.8, 4) is 34.4 Å². The molecule has 2 N–H and O–H groups in total. The molecule has 0 unspecified atom stereocenters. The minimum absolute atomic E-state index is 0.140. The monoisotopic (exact) mass is 478 g/mol. The highest BCUT2D eigenvalue weighted by Crippen LogP contribution is 2.36. The second kappa shape index (κ2) is 9.30. The number of imidazole rings is 1. The fraction of sp³-hybridized carbons (Fsp3) is 0.310. The molecule has 1 fully saturated rings. The van der Waals surface area contributed by atoms with E-state index in [1.54, 1.807) is 0 Å². The van der Waals surface area contributed by atoms with Gasteiger partial charge in [-0.05, 0) is 66.8 Å². The van der Waals surface area contributed by atoms with E-state index in [0.717, 1.165) is 55.2 Å². The van der Waals surface area contributed by atoms with Crippen molar-refractivity contribution in [1.29, 1.82) is 5.26 Å².